The van der Waals surface area contributed by atoms with Gasteiger partial charge in [-0.15, -0.1) is 0 Å². The highest BCUT2D eigenvalue weighted by molar-refractivity contribution is 14.1. The lowest BCUT2D eigenvalue weighted by molar-refractivity contribution is -0.112. The molecule has 0 aliphatic heterocycles. The average molecular weight is 301 g/mol. The number of nitrogens with one attached hydrogen (secondary N) is 1. The third-order valence-electron chi connectivity index (χ3n) is 1.91. The molecule has 0 saturated carbocycles. The zero-order valence-corrected chi connectivity index (χ0v) is 10.3. The van der Waals surface area contributed by atoms with Gasteiger partial charge in [-0.3, -0.25) is 4.79 Å². The number of carbonyl (C=O) groups excluding carboxylic acids is 1. The van der Waals surface area contributed by atoms with E-state index in [1.165, 1.54) is 0 Å². The van der Waals surface area contributed by atoms with Crippen LogP contribution in [0.2, 0.25) is 0 Å². The van der Waals surface area contributed by atoms with Gasteiger partial charge in [0.05, 0.1) is 5.69 Å². The van der Waals surface area contributed by atoms with E-state index in [0.717, 1.165) is 14.8 Å². The number of hydrogen-bond donors (Lipinski definition) is 1. The van der Waals surface area contributed by atoms with Gasteiger partial charge < -0.3 is 5.32 Å². The summed E-state index contributed by atoms with van der Waals surface area (Å²) in [7, 11) is 0. The van der Waals surface area contributed by atoms with Gasteiger partial charge in [-0.25, -0.2) is 0 Å². The molecule has 0 aliphatic rings. The van der Waals surface area contributed by atoms with Gasteiger partial charge in [-0.1, -0.05) is 18.2 Å². The molecular weight excluding hydrogens is 289 g/mol. The Labute approximate surface area is 97.5 Å². The second-order valence-electron chi connectivity index (χ2n) is 2.91. The molecule has 0 unspecified atom stereocenters. The van der Waals surface area contributed by atoms with E-state index < -0.39 is 0 Å². The minimum absolute atomic E-state index is 0.0448. The minimum atomic E-state index is -0.0448. The van der Waals surface area contributed by atoms with Crippen LogP contribution in [-0.4, -0.2) is 5.91 Å². The number of para-hydroxylation sites is 1. The van der Waals surface area contributed by atoms with Crippen LogP contribution >= 0.6 is 22.6 Å². The van der Waals surface area contributed by atoms with Gasteiger partial charge in [0.15, 0.2) is 0 Å². The van der Waals surface area contributed by atoms with Gasteiger partial charge in [-0.05, 0) is 48.6 Å². The third kappa shape index (κ3) is 2.83. The summed E-state index contributed by atoms with van der Waals surface area (Å²) in [6.07, 6.45) is 1.80. The maximum absolute atomic E-state index is 11.5. The summed E-state index contributed by atoms with van der Waals surface area (Å²) in [6, 6.07) is 7.70. The molecule has 0 heterocycles. The van der Waals surface area contributed by atoms with Gasteiger partial charge in [-0.2, -0.15) is 0 Å². The molecule has 0 saturated heterocycles. The maximum Gasteiger partial charge on any atom is 0.250 e. The first kappa shape index (κ1) is 11.2. The zero-order chi connectivity index (χ0) is 10.6. The van der Waals surface area contributed by atoms with Crippen molar-refractivity contribution < 1.29 is 4.79 Å². The van der Waals surface area contributed by atoms with Crippen LogP contribution < -0.4 is 5.32 Å². The van der Waals surface area contributed by atoms with Crippen molar-refractivity contribution in [3.8, 4) is 0 Å². The SMILES string of the molecule is CC=C(C)C(=O)Nc1ccccc1I. The summed E-state index contributed by atoms with van der Waals surface area (Å²) in [6.45, 7) is 3.65. The van der Waals surface area contributed by atoms with Gasteiger partial charge in [0, 0.05) is 9.14 Å². The van der Waals surface area contributed by atoms with Crippen molar-refractivity contribution in [2.24, 2.45) is 0 Å². The highest BCUT2D eigenvalue weighted by atomic mass is 127. The van der Waals surface area contributed by atoms with Crippen molar-refractivity contribution >= 4 is 34.2 Å². The summed E-state index contributed by atoms with van der Waals surface area (Å²) >= 11 is 2.20. The maximum atomic E-state index is 11.5. The predicted molar refractivity (Wildman–Crippen MR) is 67.2 cm³/mol. The molecule has 1 rings (SSSR count). The van der Waals surface area contributed by atoms with Crippen LogP contribution in [0.5, 0.6) is 0 Å². The predicted octanol–water partition coefficient (Wildman–Crippen LogP) is 3.20. The number of halogens is 1. The Morgan fingerprint density at radius 2 is 2.07 bits per heavy atom. The van der Waals surface area contributed by atoms with Crippen molar-refractivity contribution in [3.05, 3.63) is 39.5 Å². The van der Waals surface area contributed by atoms with E-state index in [2.05, 4.69) is 27.9 Å². The van der Waals surface area contributed by atoms with Crippen LogP contribution in [0, 0.1) is 3.57 Å². The molecule has 0 aromatic heterocycles. The number of benzene rings is 1. The molecule has 0 aliphatic carbocycles. The number of rotatable bonds is 2. The van der Waals surface area contributed by atoms with Crippen LogP contribution in [0.25, 0.3) is 0 Å². The molecule has 74 valence electrons. The van der Waals surface area contributed by atoms with Crippen LogP contribution in [-0.2, 0) is 4.79 Å². The van der Waals surface area contributed by atoms with Crippen LogP contribution in [0.3, 0.4) is 0 Å². The second-order valence-corrected chi connectivity index (χ2v) is 4.07. The number of amides is 1. The average Bonchev–Trinajstić information content (AvgIpc) is 2.20. The van der Waals surface area contributed by atoms with E-state index in [4.69, 9.17) is 0 Å². The van der Waals surface area contributed by atoms with Crippen molar-refractivity contribution in [2.75, 3.05) is 5.32 Å². The van der Waals surface area contributed by atoms with E-state index in [9.17, 15) is 4.79 Å². The summed E-state index contributed by atoms with van der Waals surface area (Å²) < 4.78 is 1.04. The second kappa shape index (κ2) is 5.14. The molecule has 14 heavy (non-hydrogen) atoms. The fourth-order valence-corrected chi connectivity index (χ4v) is 1.44. The quantitative estimate of drug-likeness (QED) is 0.659. The van der Waals surface area contributed by atoms with Gasteiger partial charge in [0.25, 0.3) is 5.91 Å². The van der Waals surface area contributed by atoms with Crippen molar-refractivity contribution in [1.29, 1.82) is 0 Å². The number of allylic oxidation sites excluding steroid dienone is 1. The van der Waals surface area contributed by atoms with E-state index in [-0.39, 0.29) is 5.91 Å². The normalized spacial score (nSPS) is 11.2. The van der Waals surface area contributed by atoms with E-state index >= 15 is 0 Å². The van der Waals surface area contributed by atoms with E-state index in [1.54, 1.807) is 13.0 Å². The summed E-state index contributed by atoms with van der Waals surface area (Å²) in [5, 5.41) is 2.85. The third-order valence-corrected chi connectivity index (χ3v) is 2.85. The van der Waals surface area contributed by atoms with Crippen LogP contribution in [0.15, 0.2) is 35.9 Å². The van der Waals surface area contributed by atoms with Crippen molar-refractivity contribution in [2.45, 2.75) is 13.8 Å². The molecule has 1 aromatic rings. The first-order chi connectivity index (χ1) is 6.65. The fourth-order valence-electron chi connectivity index (χ4n) is 0.915. The molecule has 2 nitrogen and oxygen atoms in total. The van der Waals surface area contributed by atoms with Crippen LogP contribution in [0.1, 0.15) is 13.8 Å². The molecule has 0 bridgehead atoms. The number of carbonyl (C=O) groups is 1. The molecule has 1 N–H and O–H groups in total. The first-order valence-corrected chi connectivity index (χ1v) is 5.42. The van der Waals surface area contributed by atoms with Gasteiger partial charge in [0.2, 0.25) is 0 Å². The van der Waals surface area contributed by atoms with Crippen molar-refractivity contribution in [1.82, 2.24) is 0 Å². The molecule has 0 fully saturated rings. The molecule has 3 heteroatoms. The molecule has 1 aromatic carbocycles. The molecule has 0 radical (unpaired) electrons. The fraction of sp³-hybridized carbons (Fsp3) is 0.182. The number of anilines is 1. The lowest BCUT2D eigenvalue weighted by Gasteiger charge is -2.06. The molecule has 1 amide bonds. The first-order valence-electron chi connectivity index (χ1n) is 4.34. The smallest absolute Gasteiger partial charge is 0.250 e. The Balaban J connectivity index is 2.80. The molecule has 0 atom stereocenters. The highest BCUT2D eigenvalue weighted by Crippen LogP contribution is 2.17. The zero-order valence-electron chi connectivity index (χ0n) is 8.17. The van der Waals surface area contributed by atoms with Gasteiger partial charge in [0.1, 0.15) is 0 Å². The Kier molecular flexibility index (Phi) is 4.13. The standard InChI is InChI=1S/C11H12INO/c1-3-8(2)11(14)13-10-7-5-4-6-9(10)12/h3-7H,1-2H3,(H,13,14). The Hall–Kier alpha value is -0.840. The van der Waals surface area contributed by atoms with E-state index in [1.807, 2.05) is 31.2 Å². The number of hydrogen-bond acceptors (Lipinski definition) is 1. The highest BCUT2D eigenvalue weighted by Gasteiger charge is 2.05. The Morgan fingerprint density at radius 1 is 1.43 bits per heavy atom. The van der Waals surface area contributed by atoms with Crippen molar-refractivity contribution in [3.63, 3.8) is 0 Å². The summed E-state index contributed by atoms with van der Waals surface area (Å²) in [5.41, 5.74) is 1.59. The van der Waals surface area contributed by atoms with E-state index in [0.29, 0.717) is 0 Å². The lowest BCUT2D eigenvalue weighted by Crippen LogP contribution is -2.13. The lowest BCUT2D eigenvalue weighted by atomic mass is 10.2. The van der Waals surface area contributed by atoms with Crippen LogP contribution in [0.4, 0.5) is 5.69 Å². The Morgan fingerprint density at radius 3 is 2.64 bits per heavy atom. The van der Waals surface area contributed by atoms with Gasteiger partial charge >= 0.3 is 0 Å². The summed E-state index contributed by atoms with van der Waals surface area (Å²) in [5.74, 6) is -0.0448. The molecule has 0 spiro atoms. The largest absolute Gasteiger partial charge is 0.321 e. The minimum Gasteiger partial charge on any atom is -0.321 e. The Bertz CT molecular complexity index is 371. The monoisotopic (exact) mass is 301 g/mol. The molecular formula is C11H12INO. The summed E-state index contributed by atoms with van der Waals surface area (Å²) in [4.78, 5) is 11.5. The topological polar surface area (TPSA) is 29.1 Å².